The molecule has 3 radical (unpaired) electrons. The molecule has 0 aliphatic carbocycles. The van der Waals surface area contributed by atoms with Crippen molar-refractivity contribution in [2.24, 2.45) is 0 Å². The van der Waals surface area contributed by atoms with Gasteiger partial charge in [-0.15, -0.1) is 0 Å². The second kappa shape index (κ2) is 17.2. The Morgan fingerprint density at radius 2 is 1.00 bits per heavy atom. The van der Waals surface area contributed by atoms with E-state index < -0.39 is 0 Å². The fraction of sp³-hybridized carbons (Fsp3) is 0. The van der Waals surface area contributed by atoms with Gasteiger partial charge in [-0.3, -0.25) is 0 Å². The van der Waals surface area contributed by atoms with Crippen molar-refractivity contribution in [3.05, 3.63) is 0 Å². The van der Waals surface area contributed by atoms with Crippen LogP contribution in [0.1, 0.15) is 0 Å². The summed E-state index contributed by atoms with van der Waals surface area (Å²) in [5, 5.41) is 0. The zero-order valence-corrected chi connectivity index (χ0v) is 12.9. The summed E-state index contributed by atoms with van der Waals surface area (Å²) in [5.41, 5.74) is 0. The first kappa shape index (κ1) is 29.6. The van der Waals surface area contributed by atoms with Crippen LogP contribution in [-0.2, 0) is 34.1 Å². The van der Waals surface area contributed by atoms with Crippen LogP contribution < -0.4 is 0 Å². The van der Waals surface area contributed by atoms with Crippen LogP contribution >= 0.6 is 0 Å². The molecule has 0 saturated carbocycles. The van der Waals surface area contributed by atoms with Gasteiger partial charge in [0.15, 0.2) is 0 Å². The van der Waals surface area contributed by atoms with Crippen molar-refractivity contribution in [2.75, 3.05) is 0 Å². The third-order valence-electron chi connectivity index (χ3n) is 0. The molecule has 0 aliphatic heterocycles. The Morgan fingerprint density at radius 3 is 1.00 bits per heavy atom. The zero-order valence-electron chi connectivity index (χ0n) is 1.96. The van der Waals surface area contributed by atoms with Gasteiger partial charge in [-0.1, -0.05) is 0 Å². The summed E-state index contributed by atoms with van der Waals surface area (Å²) in [6.07, 6.45) is 0. The van der Waals surface area contributed by atoms with Crippen molar-refractivity contribution >= 4 is 50.6 Å². The Balaban J connectivity index is 0. The van der Waals surface area contributed by atoms with E-state index in [1.807, 2.05) is 0 Å². The number of hydrogen-bond donors (Lipinski definition) is 0. The predicted molar refractivity (Wildman–Crippen MR) is 18.5 cm³/mol. The van der Waals surface area contributed by atoms with Gasteiger partial charge in [0, 0.05) is 34.1 Å². The van der Waals surface area contributed by atoms with Crippen LogP contribution in [0, 0.1) is 0 Å². The molecule has 4 heavy (non-hydrogen) atoms. The topological polar surface area (TPSA) is 0 Å². The van der Waals surface area contributed by atoms with E-state index >= 15 is 0 Å². The fourth-order valence-corrected chi connectivity index (χ4v) is 0. The molecule has 0 bridgehead atoms. The van der Waals surface area contributed by atoms with E-state index in [0.717, 1.165) is 0 Å². The van der Waals surface area contributed by atoms with E-state index in [2.05, 4.69) is 0 Å². The molecule has 0 aromatic rings. The summed E-state index contributed by atoms with van der Waals surface area (Å²) in [6.45, 7) is 0. The van der Waals surface area contributed by atoms with Gasteiger partial charge >= 0.3 is 50.6 Å². The summed E-state index contributed by atoms with van der Waals surface area (Å²) in [4.78, 5) is 0. The van der Waals surface area contributed by atoms with Gasteiger partial charge < -0.3 is 0 Å². The molecule has 4 heteroatoms. The third-order valence-corrected chi connectivity index (χ3v) is 0. The molecule has 0 nitrogen and oxygen atoms in total. The zero-order chi connectivity index (χ0) is 0. The summed E-state index contributed by atoms with van der Waals surface area (Å²) in [6, 6.07) is 0. The first-order valence-electron chi connectivity index (χ1n) is 0. The van der Waals surface area contributed by atoms with Crippen LogP contribution in [0.3, 0.4) is 0 Å². The Morgan fingerprint density at radius 1 is 1.00 bits per heavy atom. The van der Waals surface area contributed by atoms with Crippen LogP contribution in [0.4, 0.5) is 0 Å². The molecule has 0 rings (SSSR count). The average molecular weight is 454 g/mol. The van der Waals surface area contributed by atoms with Crippen molar-refractivity contribution in [1.82, 2.24) is 0 Å². The van der Waals surface area contributed by atoms with Gasteiger partial charge in [-0.05, 0) is 0 Å². The number of hydrogen-bond acceptors (Lipinski definition) is 0. The summed E-state index contributed by atoms with van der Waals surface area (Å²) in [5.74, 6) is 0. The predicted octanol–water partition coefficient (Wildman–Crippen LogP) is -2.11. The van der Waals surface area contributed by atoms with Crippen molar-refractivity contribution in [2.45, 2.75) is 0 Å². The van der Waals surface area contributed by atoms with E-state index in [4.69, 9.17) is 0 Å². The molecule has 0 atom stereocenters. The molecule has 0 amide bonds. The summed E-state index contributed by atoms with van der Waals surface area (Å²) in [7, 11) is 0. The molecule has 0 saturated heterocycles. The Kier molecular flexibility index (Phi) is 127. The molecule has 0 N–H and O–H groups in total. The van der Waals surface area contributed by atoms with Crippen molar-refractivity contribution in [3.63, 3.8) is 0 Å². The van der Waals surface area contributed by atoms with Gasteiger partial charge in [-0.25, -0.2) is 0 Å². The summed E-state index contributed by atoms with van der Waals surface area (Å²) >= 11 is 0. The van der Waals surface area contributed by atoms with E-state index in [0.29, 0.717) is 0 Å². The molecule has 0 aromatic carbocycles. The molecular weight excluding hydrogens is 449 g/mol. The van der Waals surface area contributed by atoms with E-state index in [1.54, 1.807) is 0 Å². The van der Waals surface area contributed by atoms with E-state index in [-0.39, 0.29) is 84.8 Å². The van der Waals surface area contributed by atoms with Crippen molar-refractivity contribution in [1.29, 1.82) is 0 Å². The molecule has 33 valence electrons. The second-order valence-electron chi connectivity index (χ2n) is 0. The van der Waals surface area contributed by atoms with Gasteiger partial charge in [0.25, 0.3) is 0 Å². The molecule has 0 spiro atoms. The average Bonchev–Trinajstić information content (AvgIpc) is 0. The molecule has 0 fully saturated rings. The van der Waals surface area contributed by atoms with Crippen molar-refractivity contribution < 1.29 is 34.1 Å². The van der Waals surface area contributed by atoms with Crippen LogP contribution in [0.25, 0.3) is 0 Å². The third kappa shape index (κ3) is 8.83. The van der Waals surface area contributed by atoms with Crippen LogP contribution in [0.2, 0.25) is 0 Å². The molecule has 0 aliphatic rings. The Labute approximate surface area is 83.4 Å². The molecular formula is H5BiCuMnSb. The van der Waals surface area contributed by atoms with Gasteiger partial charge in [0.2, 0.25) is 0 Å². The normalized spacial score (nSPS) is 0. The Hall–Kier alpha value is 2.74. The number of rotatable bonds is 0. The van der Waals surface area contributed by atoms with E-state index in [9.17, 15) is 0 Å². The van der Waals surface area contributed by atoms with Gasteiger partial charge in [-0.2, -0.15) is 0 Å². The minimum atomic E-state index is 0. The van der Waals surface area contributed by atoms with Gasteiger partial charge in [0.1, 0.15) is 0 Å². The van der Waals surface area contributed by atoms with Gasteiger partial charge in [0.05, 0.1) is 0 Å². The maximum atomic E-state index is 0. The van der Waals surface area contributed by atoms with E-state index in [1.165, 1.54) is 0 Å². The minimum absolute atomic E-state index is 0. The SMILES string of the molecule is [BiH3].[Cu].[Mn].[SbH2]. The van der Waals surface area contributed by atoms with Crippen LogP contribution in [-0.4, -0.2) is 50.6 Å². The monoisotopic (exact) mass is 453 g/mol. The maximum absolute atomic E-state index is 0. The molecule has 0 heterocycles. The fourth-order valence-electron chi connectivity index (χ4n) is 0. The quantitative estimate of drug-likeness (QED) is 0.368. The van der Waals surface area contributed by atoms with Crippen molar-refractivity contribution in [3.8, 4) is 0 Å². The first-order valence-corrected chi connectivity index (χ1v) is 0. The summed E-state index contributed by atoms with van der Waals surface area (Å²) < 4.78 is 0. The standard InChI is InChI=1S/Bi.Cu.Mn.Sb.5H. The molecule has 0 unspecified atom stereocenters. The molecule has 0 aromatic heterocycles. The Bertz CT molecular complexity index is 8.00. The first-order chi connectivity index (χ1) is 0. The van der Waals surface area contributed by atoms with Crippen LogP contribution in [0.5, 0.6) is 0 Å². The van der Waals surface area contributed by atoms with Crippen LogP contribution in [0.15, 0.2) is 0 Å². The second-order valence-corrected chi connectivity index (χ2v) is 0.